The molecule has 0 fully saturated rings. The molecular weight excluding hydrogens is 250 g/mol. The third-order valence-electron chi connectivity index (χ3n) is 2.67. The molecule has 104 valence electrons. The molecule has 0 saturated heterocycles. The molecule has 7 heteroatoms. The number of hydrogen-bond acceptors (Lipinski definition) is 5. The summed E-state index contributed by atoms with van der Waals surface area (Å²) in [6, 6.07) is 4.90. The first kappa shape index (κ1) is 15.1. The molecule has 7 nitrogen and oxygen atoms in total. The number of azide groups is 1. The van der Waals surface area contributed by atoms with Crippen LogP contribution in [0.25, 0.3) is 10.4 Å². The Kier molecular flexibility index (Phi) is 5.95. The van der Waals surface area contributed by atoms with Gasteiger partial charge < -0.3 is 19.7 Å². The Morgan fingerprint density at radius 2 is 1.79 bits per heavy atom. The maximum absolute atomic E-state index is 10.0. The van der Waals surface area contributed by atoms with Crippen LogP contribution in [-0.4, -0.2) is 37.1 Å². The Hall–Kier alpha value is -1.95. The van der Waals surface area contributed by atoms with Crippen LogP contribution in [0.3, 0.4) is 0 Å². The van der Waals surface area contributed by atoms with Crippen molar-refractivity contribution in [2.24, 2.45) is 5.11 Å². The summed E-state index contributed by atoms with van der Waals surface area (Å²) >= 11 is 0. The van der Waals surface area contributed by atoms with Crippen LogP contribution >= 0.6 is 0 Å². The third-order valence-corrected chi connectivity index (χ3v) is 2.67. The molecule has 0 amide bonds. The van der Waals surface area contributed by atoms with Crippen LogP contribution in [0.4, 0.5) is 0 Å². The van der Waals surface area contributed by atoms with Crippen molar-refractivity contribution in [2.45, 2.75) is 18.6 Å². The minimum atomic E-state index is -1.10. The van der Waals surface area contributed by atoms with E-state index >= 15 is 0 Å². The lowest BCUT2D eigenvalue weighted by Crippen LogP contribution is -2.19. The highest BCUT2D eigenvalue weighted by molar-refractivity contribution is 5.39. The van der Waals surface area contributed by atoms with Gasteiger partial charge in [0, 0.05) is 17.5 Å². The van der Waals surface area contributed by atoms with E-state index in [2.05, 4.69) is 10.0 Å². The average molecular weight is 267 g/mol. The van der Waals surface area contributed by atoms with Crippen molar-refractivity contribution in [3.63, 3.8) is 0 Å². The minimum Gasteiger partial charge on any atom is -0.497 e. The zero-order valence-electron chi connectivity index (χ0n) is 10.9. The van der Waals surface area contributed by atoms with Gasteiger partial charge in [-0.3, -0.25) is 0 Å². The van der Waals surface area contributed by atoms with Crippen molar-refractivity contribution < 1.29 is 19.7 Å². The highest BCUT2D eigenvalue weighted by atomic mass is 16.5. The summed E-state index contributed by atoms with van der Waals surface area (Å²) in [6.07, 6.45) is -1.95. The van der Waals surface area contributed by atoms with Gasteiger partial charge in [0.25, 0.3) is 0 Å². The van der Waals surface area contributed by atoms with Gasteiger partial charge in [0.15, 0.2) is 0 Å². The topological polar surface area (TPSA) is 108 Å². The third kappa shape index (κ3) is 4.33. The molecule has 2 atom stereocenters. The van der Waals surface area contributed by atoms with E-state index in [1.807, 2.05) is 0 Å². The standard InChI is InChI=1S/C12H17N3O4/c1-18-9-5-8(6-10(7-9)19-2)12(17)11(16)3-4-14-15-13/h5-7,11-12,16-17H,3-4H2,1-2H3. The number of ether oxygens (including phenoxy) is 2. The lowest BCUT2D eigenvalue weighted by Gasteiger charge is -2.18. The molecule has 0 aromatic heterocycles. The normalized spacial score (nSPS) is 13.3. The molecule has 0 aliphatic rings. The van der Waals surface area contributed by atoms with E-state index in [1.165, 1.54) is 14.2 Å². The fraction of sp³-hybridized carbons (Fsp3) is 0.500. The first-order valence-corrected chi connectivity index (χ1v) is 5.72. The molecule has 19 heavy (non-hydrogen) atoms. The van der Waals surface area contributed by atoms with Crippen LogP contribution in [0.5, 0.6) is 11.5 Å². The quantitative estimate of drug-likeness (QED) is 0.446. The Labute approximate surface area is 111 Å². The Balaban J connectivity index is 2.84. The van der Waals surface area contributed by atoms with Gasteiger partial charge in [0.1, 0.15) is 17.6 Å². The Bertz CT molecular complexity index is 438. The highest BCUT2D eigenvalue weighted by Crippen LogP contribution is 2.28. The van der Waals surface area contributed by atoms with Gasteiger partial charge in [-0.25, -0.2) is 0 Å². The molecule has 2 N–H and O–H groups in total. The lowest BCUT2D eigenvalue weighted by molar-refractivity contribution is 0.0148. The number of aliphatic hydroxyl groups excluding tert-OH is 2. The summed E-state index contributed by atoms with van der Waals surface area (Å²) in [5, 5.41) is 23.2. The van der Waals surface area contributed by atoms with Crippen LogP contribution in [0, 0.1) is 0 Å². The van der Waals surface area contributed by atoms with Gasteiger partial charge >= 0.3 is 0 Å². The van der Waals surface area contributed by atoms with E-state index in [0.29, 0.717) is 17.1 Å². The number of hydrogen-bond donors (Lipinski definition) is 2. The second-order valence-electron chi connectivity index (χ2n) is 3.90. The van der Waals surface area contributed by atoms with Crippen molar-refractivity contribution in [2.75, 3.05) is 20.8 Å². The average Bonchev–Trinajstić information content (AvgIpc) is 2.45. The molecule has 0 bridgehead atoms. The van der Waals surface area contributed by atoms with Crippen molar-refractivity contribution in [1.29, 1.82) is 0 Å². The fourth-order valence-corrected chi connectivity index (χ4v) is 1.61. The molecule has 0 heterocycles. The monoisotopic (exact) mass is 267 g/mol. The van der Waals surface area contributed by atoms with Crippen molar-refractivity contribution in [1.82, 2.24) is 0 Å². The molecule has 0 radical (unpaired) electrons. The second-order valence-corrected chi connectivity index (χ2v) is 3.90. The van der Waals surface area contributed by atoms with Gasteiger partial charge in [-0.05, 0) is 29.6 Å². The van der Waals surface area contributed by atoms with Crippen molar-refractivity contribution in [3.8, 4) is 11.5 Å². The van der Waals surface area contributed by atoms with Crippen LogP contribution in [0.2, 0.25) is 0 Å². The number of benzene rings is 1. The summed E-state index contributed by atoms with van der Waals surface area (Å²) in [7, 11) is 3.01. The summed E-state index contributed by atoms with van der Waals surface area (Å²) in [5.74, 6) is 1.05. The van der Waals surface area contributed by atoms with E-state index in [1.54, 1.807) is 18.2 Å². The SMILES string of the molecule is COc1cc(OC)cc(C(O)C(O)CCN=[N+]=[N-])c1. The molecule has 0 saturated carbocycles. The van der Waals surface area contributed by atoms with Crippen LogP contribution in [-0.2, 0) is 0 Å². The highest BCUT2D eigenvalue weighted by Gasteiger charge is 2.19. The predicted octanol–water partition coefficient (Wildman–Crippen LogP) is 1.80. The number of nitrogens with zero attached hydrogens (tertiary/aromatic N) is 3. The molecule has 0 spiro atoms. The van der Waals surface area contributed by atoms with Crippen molar-refractivity contribution >= 4 is 0 Å². The molecule has 0 aliphatic carbocycles. The first-order chi connectivity index (χ1) is 9.12. The Morgan fingerprint density at radius 3 is 2.26 bits per heavy atom. The fourth-order valence-electron chi connectivity index (χ4n) is 1.61. The van der Waals surface area contributed by atoms with Gasteiger partial charge in [-0.15, -0.1) is 0 Å². The molecular formula is C12H17N3O4. The predicted molar refractivity (Wildman–Crippen MR) is 69.1 cm³/mol. The lowest BCUT2D eigenvalue weighted by atomic mass is 10.0. The van der Waals surface area contributed by atoms with Gasteiger partial charge in [-0.1, -0.05) is 5.11 Å². The van der Waals surface area contributed by atoms with Gasteiger partial charge in [0.2, 0.25) is 0 Å². The zero-order chi connectivity index (χ0) is 14.3. The summed E-state index contributed by atoms with van der Waals surface area (Å²) in [5.41, 5.74) is 8.63. The van der Waals surface area contributed by atoms with E-state index in [-0.39, 0.29) is 13.0 Å². The second kappa shape index (κ2) is 7.48. The minimum absolute atomic E-state index is 0.121. The number of aliphatic hydroxyl groups is 2. The van der Waals surface area contributed by atoms with Crippen LogP contribution < -0.4 is 9.47 Å². The van der Waals surface area contributed by atoms with E-state index in [9.17, 15) is 10.2 Å². The summed E-state index contributed by atoms with van der Waals surface area (Å²) in [4.78, 5) is 2.59. The zero-order valence-corrected chi connectivity index (χ0v) is 10.9. The summed E-state index contributed by atoms with van der Waals surface area (Å²) < 4.78 is 10.2. The molecule has 1 aromatic rings. The largest absolute Gasteiger partial charge is 0.497 e. The first-order valence-electron chi connectivity index (χ1n) is 5.72. The molecule has 0 aliphatic heterocycles. The van der Waals surface area contributed by atoms with Gasteiger partial charge in [-0.2, -0.15) is 0 Å². The smallest absolute Gasteiger partial charge is 0.122 e. The van der Waals surface area contributed by atoms with E-state index in [4.69, 9.17) is 15.0 Å². The van der Waals surface area contributed by atoms with Crippen LogP contribution in [0.15, 0.2) is 23.3 Å². The maximum atomic E-state index is 10.0. The van der Waals surface area contributed by atoms with E-state index in [0.717, 1.165) is 0 Å². The molecule has 1 rings (SSSR count). The van der Waals surface area contributed by atoms with E-state index < -0.39 is 12.2 Å². The van der Waals surface area contributed by atoms with Gasteiger partial charge in [0.05, 0.1) is 20.3 Å². The summed E-state index contributed by atoms with van der Waals surface area (Å²) in [6.45, 7) is 0.121. The van der Waals surface area contributed by atoms with Crippen molar-refractivity contribution in [3.05, 3.63) is 34.2 Å². The maximum Gasteiger partial charge on any atom is 0.122 e. The molecule has 2 unspecified atom stereocenters. The molecule has 1 aromatic carbocycles. The van der Waals surface area contributed by atoms with Crippen LogP contribution in [0.1, 0.15) is 18.1 Å². The number of rotatable bonds is 7. The number of methoxy groups -OCH3 is 2. The Morgan fingerprint density at radius 1 is 1.21 bits per heavy atom.